The number of hydrogen-bond acceptors (Lipinski definition) is 4. The van der Waals surface area contributed by atoms with Gasteiger partial charge in [-0.2, -0.15) is 0 Å². The number of aromatic nitrogens is 4. The number of furan rings is 1. The highest BCUT2D eigenvalue weighted by Crippen LogP contribution is 2.45. The number of nitrogens with zero attached hydrogens (tertiary/aromatic N) is 4. The number of rotatable bonds is 5. The lowest BCUT2D eigenvalue weighted by Crippen LogP contribution is -2.01. The Morgan fingerprint density at radius 1 is 0.286 bits per heavy atom. The molecule has 70 heavy (non-hydrogen) atoms. The molecule has 3 aromatic heterocycles. The van der Waals surface area contributed by atoms with Crippen LogP contribution < -0.4 is 0 Å². The molecule has 3 heterocycles. The summed E-state index contributed by atoms with van der Waals surface area (Å²) in [5.41, 5.74) is 9.77. The maximum atomic E-state index is 7.01. The van der Waals surface area contributed by atoms with E-state index in [2.05, 4.69) is 229 Å². The van der Waals surface area contributed by atoms with Crippen LogP contribution in [0, 0.1) is 0 Å². The van der Waals surface area contributed by atoms with Gasteiger partial charge in [-0.25, -0.2) is 15.0 Å². The Morgan fingerprint density at radius 2 is 0.843 bits per heavy atom. The van der Waals surface area contributed by atoms with Crippen LogP contribution in [0.3, 0.4) is 0 Å². The summed E-state index contributed by atoms with van der Waals surface area (Å²) >= 11 is 0. The topological polar surface area (TPSA) is 56.7 Å². The predicted molar refractivity (Wildman–Crippen MR) is 291 cm³/mol. The Morgan fingerprint density at radius 3 is 1.54 bits per heavy atom. The van der Waals surface area contributed by atoms with Crippen LogP contribution in [0.4, 0.5) is 0 Å². The first-order chi connectivity index (χ1) is 34.7. The number of benzene rings is 12. The third kappa shape index (κ3) is 5.95. The Balaban J connectivity index is 1.02. The minimum absolute atomic E-state index is 0.574. The average Bonchev–Trinajstić information content (AvgIpc) is 3.95. The van der Waals surface area contributed by atoms with Gasteiger partial charge in [0.05, 0.1) is 16.7 Å². The third-order valence-corrected chi connectivity index (χ3v) is 14.3. The Hall–Kier alpha value is -9.45. The van der Waals surface area contributed by atoms with Gasteiger partial charge in [-0.15, -0.1) is 0 Å². The summed E-state index contributed by atoms with van der Waals surface area (Å²) in [6.07, 6.45) is 0. The van der Waals surface area contributed by atoms with Crippen molar-refractivity contribution < 1.29 is 4.42 Å². The average molecular weight is 891 g/mol. The normalized spacial score (nSPS) is 12.0. The molecule has 0 saturated heterocycles. The fraction of sp³-hybridized carbons (Fsp3) is 0. The first-order valence-corrected chi connectivity index (χ1v) is 23.7. The largest absolute Gasteiger partial charge is 0.456 e. The molecule has 0 fully saturated rings. The maximum Gasteiger partial charge on any atom is 0.164 e. The van der Waals surface area contributed by atoms with Crippen LogP contribution in [-0.2, 0) is 0 Å². The summed E-state index contributed by atoms with van der Waals surface area (Å²) < 4.78 is 9.45. The first kappa shape index (κ1) is 38.6. The van der Waals surface area contributed by atoms with Gasteiger partial charge in [-0.05, 0) is 108 Å². The van der Waals surface area contributed by atoms with Crippen molar-refractivity contribution in [2.24, 2.45) is 0 Å². The monoisotopic (exact) mass is 890 g/mol. The molecule has 0 radical (unpaired) electrons. The Bertz CT molecular complexity index is 4570. The zero-order valence-corrected chi connectivity index (χ0v) is 37.6. The second kappa shape index (κ2) is 15.0. The smallest absolute Gasteiger partial charge is 0.164 e. The summed E-state index contributed by atoms with van der Waals surface area (Å²) in [5.74, 6) is 1.79. The van der Waals surface area contributed by atoms with Crippen molar-refractivity contribution >= 4 is 97.6 Å². The molecule has 0 aliphatic rings. The lowest BCUT2D eigenvalue weighted by Gasteiger charge is -2.15. The maximum absolute atomic E-state index is 7.01. The van der Waals surface area contributed by atoms with E-state index in [1.54, 1.807) is 0 Å². The van der Waals surface area contributed by atoms with Crippen molar-refractivity contribution in [3.8, 4) is 51.0 Å². The van der Waals surface area contributed by atoms with Gasteiger partial charge >= 0.3 is 0 Å². The van der Waals surface area contributed by atoms with Crippen LogP contribution in [0.1, 0.15) is 0 Å². The molecule has 0 bridgehead atoms. The van der Waals surface area contributed by atoms with E-state index in [1.165, 1.54) is 37.7 Å². The van der Waals surface area contributed by atoms with E-state index in [0.717, 1.165) is 93.4 Å². The zero-order valence-electron chi connectivity index (χ0n) is 37.6. The molecule has 0 N–H and O–H groups in total. The van der Waals surface area contributed by atoms with Crippen LogP contribution in [0.25, 0.3) is 149 Å². The first-order valence-electron chi connectivity index (χ1n) is 23.7. The Kier molecular flexibility index (Phi) is 8.29. The molecule has 12 aromatic carbocycles. The van der Waals surface area contributed by atoms with Gasteiger partial charge < -0.3 is 8.98 Å². The van der Waals surface area contributed by atoms with E-state index < -0.39 is 0 Å². The summed E-state index contributed by atoms with van der Waals surface area (Å²) in [6, 6.07) is 82.4. The van der Waals surface area contributed by atoms with Gasteiger partial charge in [-0.3, -0.25) is 0 Å². The third-order valence-electron chi connectivity index (χ3n) is 14.3. The SMILES string of the molecule is c1ccc(-c2cc3c(cc2-n2c4cc5ccccc5cc4c4cc5ccccc5cc42)oc2cccc(-c4nc(-c5ccc6ccccc6c5)nc(-c5cc6ccccc6c6ccccc56)n4)c23)cc1. The molecule has 5 heteroatoms. The van der Waals surface area contributed by atoms with Crippen LogP contribution in [0.2, 0.25) is 0 Å². The van der Waals surface area contributed by atoms with Gasteiger partial charge in [0.1, 0.15) is 11.2 Å². The van der Waals surface area contributed by atoms with E-state index >= 15 is 0 Å². The highest BCUT2D eigenvalue weighted by atomic mass is 16.3. The van der Waals surface area contributed by atoms with Gasteiger partial charge in [0.25, 0.3) is 0 Å². The minimum atomic E-state index is 0.574. The van der Waals surface area contributed by atoms with Crippen molar-refractivity contribution in [3.63, 3.8) is 0 Å². The quantitative estimate of drug-likeness (QED) is 0.162. The molecular weight excluding hydrogens is 853 g/mol. The van der Waals surface area contributed by atoms with Crippen LogP contribution >= 0.6 is 0 Å². The van der Waals surface area contributed by atoms with E-state index in [1.807, 2.05) is 6.07 Å². The molecule has 0 spiro atoms. The molecule has 5 nitrogen and oxygen atoms in total. The molecule has 0 saturated carbocycles. The Labute approximate surface area is 401 Å². The molecule has 0 aliphatic heterocycles. The van der Waals surface area contributed by atoms with Crippen molar-refractivity contribution in [3.05, 3.63) is 231 Å². The van der Waals surface area contributed by atoms with Crippen molar-refractivity contribution in [1.82, 2.24) is 19.5 Å². The number of fused-ring (bicyclic) bond motifs is 12. The number of hydrogen-bond donors (Lipinski definition) is 0. The van der Waals surface area contributed by atoms with E-state index in [0.29, 0.717) is 17.5 Å². The highest BCUT2D eigenvalue weighted by Gasteiger charge is 2.24. The molecule has 15 aromatic rings. The second-order valence-corrected chi connectivity index (χ2v) is 18.3. The standard InChI is InChI=1S/C65H38N4O/c1-2-16-40(17-3-1)52-37-56-61(38-59(52)69-57-35-44-21-8-6-19-42(44)32-53(57)54-33-43-20-7-9-22-45(43)36-58(54)69)70-60-28-14-27-51(62(56)60)64-66-63(47-30-29-39-15-4-5-18-41(39)31-47)67-65(68-64)55-34-46-23-10-11-24-48(46)49-25-12-13-26-50(49)55/h1-38H. The molecule has 324 valence electrons. The van der Waals surface area contributed by atoms with Gasteiger partial charge in [-0.1, -0.05) is 176 Å². The lowest BCUT2D eigenvalue weighted by atomic mass is 9.96. The fourth-order valence-electron chi connectivity index (χ4n) is 11.0. The van der Waals surface area contributed by atoms with Crippen molar-refractivity contribution in [1.29, 1.82) is 0 Å². The van der Waals surface area contributed by atoms with Gasteiger partial charge in [0.15, 0.2) is 17.5 Å². The van der Waals surface area contributed by atoms with Crippen molar-refractivity contribution in [2.75, 3.05) is 0 Å². The summed E-state index contributed by atoms with van der Waals surface area (Å²) in [4.78, 5) is 16.1. The second-order valence-electron chi connectivity index (χ2n) is 18.3. The molecule has 0 atom stereocenters. The van der Waals surface area contributed by atoms with Gasteiger partial charge in [0, 0.05) is 49.9 Å². The molecular formula is C65H38N4O. The zero-order chi connectivity index (χ0) is 45.9. The molecule has 0 aliphatic carbocycles. The predicted octanol–water partition coefficient (Wildman–Crippen LogP) is 17.3. The lowest BCUT2D eigenvalue weighted by molar-refractivity contribution is 0.668. The van der Waals surface area contributed by atoms with E-state index in [4.69, 9.17) is 19.4 Å². The van der Waals surface area contributed by atoms with Gasteiger partial charge in [0.2, 0.25) is 0 Å². The summed E-state index contributed by atoms with van der Waals surface area (Å²) in [7, 11) is 0. The summed E-state index contributed by atoms with van der Waals surface area (Å²) in [5, 5.41) is 16.0. The summed E-state index contributed by atoms with van der Waals surface area (Å²) in [6.45, 7) is 0. The highest BCUT2D eigenvalue weighted by molar-refractivity contribution is 6.19. The van der Waals surface area contributed by atoms with Crippen molar-refractivity contribution in [2.45, 2.75) is 0 Å². The van der Waals surface area contributed by atoms with Crippen LogP contribution in [-0.4, -0.2) is 19.5 Å². The molecule has 0 unspecified atom stereocenters. The van der Waals surface area contributed by atoms with E-state index in [-0.39, 0.29) is 0 Å². The minimum Gasteiger partial charge on any atom is -0.456 e. The van der Waals surface area contributed by atoms with Crippen LogP contribution in [0.5, 0.6) is 0 Å². The van der Waals surface area contributed by atoms with E-state index in [9.17, 15) is 0 Å². The fourth-order valence-corrected chi connectivity index (χ4v) is 11.0. The van der Waals surface area contributed by atoms with Crippen LogP contribution in [0.15, 0.2) is 235 Å². The molecule has 0 amide bonds. The molecule has 15 rings (SSSR count).